The van der Waals surface area contributed by atoms with Crippen molar-refractivity contribution in [2.75, 3.05) is 5.32 Å². The van der Waals surface area contributed by atoms with E-state index in [-0.39, 0.29) is 11.6 Å². The first-order valence-corrected chi connectivity index (χ1v) is 7.81. The lowest BCUT2D eigenvalue weighted by Gasteiger charge is -2.08. The molecule has 0 saturated carbocycles. The Morgan fingerprint density at radius 2 is 1.76 bits per heavy atom. The van der Waals surface area contributed by atoms with Gasteiger partial charge in [-0.2, -0.15) is 9.61 Å². The molecule has 0 saturated heterocycles. The van der Waals surface area contributed by atoms with Crippen LogP contribution in [0.4, 0.5) is 10.2 Å². The van der Waals surface area contributed by atoms with E-state index in [4.69, 9.17) is 0 Å². The van der Waals surface area contributed by atoms with Gasteiger partial charge in [-0.1, -0.05) is 24.3 Å². The molecule has 0 spiro atoms. The smallest absolute Gasteiger partial charge is 0.165 e. The zero-order valence-electron chi connectivity index (χ0n) is 13.2. The van der Waals surface area contributed by atoms with Crippen LogP contribution in [0.25, 0.3) is 16.8 Å². The molecule has 0 fully saturated rings. The van der Waals surface area contributed by atoms with Gasteiger partial charge in [0.1, 0.15) is 17.4 Å². The number of nitrogens with zero attached hydrogens (tertiary/aromatic N) is 3. The van der Waals surface area contributed by atoms with Gasteiger partial charge < -0.3 is 10.4 Å². The second kappa shape index (κ2) is 6.24. The van der Waals surface area contributed by atoms with Crippen LogP contribution in [-0.4, -0.2) is 19.7 Å². The Morgan fingerprint density at radius 3 is 2.52 bits per heavy atom. The standard InChI is InChI=1S/C19H15FN4O/c20-15-5-1-13(2-6-15)11-22-18-9-10-21-19-17(12-23-24(18)19)14-3-7-16(25)8-4-14/h1-10,12,22,25H,11H2. The van der Waals surface area contributed by atoms with E-state index in [0.29, 0.717) is 6.54 Å². The molecular formula is C19H15FN4O. The molecule has 25 heavy (non-hydrogen) atoms. The van der Waals surface area contributed by atoms with E-state index >= 15 is 0 Å². The van der Waals surface area contributed by atoms with E-state index < -0.39 is 0 Å². The summed E-state index contributed by atoms with van der Waals surface area (Å²) in [4.78, 5) is 4.42. The first-order valence-electron chi connectivity index (χ1n) is 7.81. The number of benzene rings is 2. The van der Waals surface area contributed by atoms with E-state index in [1.54, 1.807) is 41.2 Å². The highest BCUT2D eigenvalue weighted by Gasteiger charge is 2.10. The predicted octanol–water partition coefficient (Wildman–Crippen LogP) is 3.85. The van der Waals surface area contributed by atoms with E-state index in [1.165, 1.54) is 12.1 Å². The highest BCUT2D eigenvalue weighted by atomic mass is 19.1. The summed E-state index contributed by atoms with van der Waals surface area (Å²) in [5.41, 5.74) is 3.49. The SMILES string of the molecule is Oc1ccc(-c2cnn3c(NCc4ccc(F)cc4)ccnc23)cc1. The molecule has 0 bridgehead atoms. The Labute approximate surface area is 143 Å². The zero-order valence-corrected chi connectivity index (χ0v) is 13.2. The molecule has 6 heteroatoms. The Morgan fingerprint density at radius 1 is 1.00 bits per heavy atom. The molecule has 4 aromatic rings. The van der Waals surface area contributed by atoms with Crippen LogP contribution in [-0.2, 0) is 6.54 Å². The average Bonchev–Trinajstić information content (AvgIpc) is 3.07. The third-order valence-corrected chi connectivity index (χ3v) is 3.97. The molecule has 4 rings (SSSR count). The van der Waals surface area contributed by atoms with Gasteiger partial charge in [-0.15, -0.1) is 0 Å². The van der Waals surface area contributed by atoms with Crippen molar-refractivity contribution in [1.29, 1.82) is 0 Å². The Bertz CT molecular complexity index is 1010. The van der Waals surface area contributed by atoms with Crippen molar-refractivity contribution in [2.24, 2.45) is 0 Å². The van der Waals surface area contributed by atoms with E-state index in [1.807, 2.05) is 18.2 Å². The van der Waals surface area contributed by atoms with Crippen molar-refractivity contribution in [3.8, 4) is 16.9 Å². The first-order chi connectivity index (χ1) is 12.2. The molecule has 2 heterocycles. The number of aromatic nitrogens is 3. The molecule has 2 aromatic heterocycles. The average molecular weight is 334 g/mol. The van der Waals surface area contributed by atoms with Gasteiger partial charge in [0.25, 0.3) is 0 Å². The maximum Gasteiger partial charge on any atom is 0.165 e. The van der Waals surface area contributed by atoms with Gasteiger partial charge in [0.05, 0.1) is 6.20 Å². The summed E-state index contributed by atoms with van der Waals surface area (Å²) >= 11 is 0. The van der Waals surface area contributed by atoms with Gasteiger partial charge in [-0.05, 0) is 41.5 Å². The molecule has 0 aliphatic carbocycles. The maximum absolute atomic E-state index is 13.0. The predicted molar refractivity (Wildman–Crippen MR) is 93.8 cm³/mol. The maximum atomic E-state index is 13.0. The van der Waals surface area contributed by atoms with Crippen LogP contribution in [0.2, 0.25) is 0 Å². The lowest BCUT2D eigenvalue weighted by atomic mass is 10.1. The Kier molecular flexibility index (Phi) is 3.78. The summed E-state index contributed by atoms with van der Waals surface area (Å²) < 4.78 is 14.7. The van der Waals surface area contributed by atoms with Gasteiger partial charge in [-0.3, -0.25) is 0 Å². The molecule has 0 unspecified atom stereocenters. The molecular weight excluding hydrogens is 319 g/mol. The number of hydrogen-bond donors (Lipinski definition) is 2. The van der Waals surface area contributed by atoms with E-state index in [2.05, 4.69) is 15.4 Å². The molecule has 5 nitrogen and oxygen atoms in total. The summed E-state index contributed by atoms with van der Waals surface area (Å²) in [6.07, 6.45) is 3.46. The summed E-state index contributed by atoms with van der Waals surface area (Å²) in [6.45, 7) is 0.549. The molecule has 0 amide bonds. The van der Waals surface area contributed by atoms with Crippen molar-refractivity contribution >= 4 is 11.5 Å². The highest BCUT2D eigenvalue weighted by molar-refractivity contribution is 5.78. The van der Waals surface area contributed by atoms with Crippen LogP contribution >= 0.6 is 0 Å². The van der Waals surface area contributed by atoms with Crippen molar-refractivity contribution < 1.29 is 9.50 Å². The van der Waals surface area contributed by atoms with Crippen LogP contribution in [0.1, 0.15) is 5.56 Å². The van der Waals surface area contributed by atoms with Crippen molar-refractivity contribution in [2.45, 2.75) is 6.54 Å². The fourth-order valence-corrected chi connectivity index (χ4v) is 2.66. The normalized spacial score (nSPS) is 10.9. The summed E-state index contributed by atoms with van der Waals surface area (Å²) in [5.74, 6) is 0.759. The Balaban J connectivity index is 1.64. The van der Waals surface area contributed by atoms with Crippen molar-refractivity contribution in [3.63, 3.8) is 0 Å². The molecule has 124 valence electrons. The second-order valence-corrected chi connectivity index (χ2v) is 5.65. The number of hydrogen-bond acceptors (Lipinski definition) is 4. The molecule has 0 atom stereocenters. The monoisotopic (exact) mass is 334 g/mol. The van der Waals surface area contributed by atoms with Crippen LogP contribution in [0.5, 0.6) is 5.75 Å². The number of rotatable bonds is 4. The fourth-order valence-electron chi connectivity index (χ4n) is 2.66. The molecule has 2 N–H and O–H groups in total. The zero-order chi connectivity index (χ0) is 17.2. The van der Waals surface area contributed by atoms with E-state index in [9.17, 15) is 9.50 Å². The lowest BCUT2D eigenvalue weighted by Crippen LogP contribution is -2.05. The number of aromatic hydroxyl groups is 1. The molecule has 2 aromatic carbocycles. The molecule has 0 aliphatic heterocycles. The number of halogens is 1. The van der Waals surface area contributed by atoms with Gasteiger partial charge in [-0.25, -0.2) is 9.37 Å². The lowest BCUT2D eigenvalue weighted by molar-refractivity contribution is 0.475. The minimum atomic E-state index is -0.249. The van der Waals surface area contributed by atoms with Gasteiger partial charge in [0.15, 0.2) is 5.65 Å². The van der Waals surface area contributed by atoms with Gasteiger partial charge in [0.2, 0.25) is 0 Å². The topological polar surface area (TPSA) is 62.5 Å². The van der Waals surface area contributed by atoms with Crippen LogP contribution in [0.15, 0.2) is 67.0 Å². The first kappa shape index (κ1) is 15.1. The van der Waals surface area contributed by atoms with Gasteiger partial charge in [0, 0.05) is 18.3 Å². The second-order valence-electron chi connectivity index (χ2n) is 5.65. The van der Waals surface area contributed by atoms with Crippen molar-refractivity contribution in [1.82, 2.24) is 14.6 Å². The number of phenolic OH excluding ortho intramolecular Hbond substituents is 1. The third kappa shape index (κ3) is 3.01. The number of fused-ring (bicyclic) bond motifs is 1. The van der Waals surface area contributed by atoms with Crippen LogP contribution in [0.3, 0.4) is 0 Å². The highest BCUT2D eigenvalue weighted by Crippen LogP contribution is 2.26. The fraction of sp³-hybridized carbons (Fsp3) is 0.0526. The third-order valence-electron chi connectivity index (χ3n) is 3.97. The van der Waals surface area contributed by atoms with Crippen molar-refractivity contribution in [3.05, 3.63) is 78.4 Å². The Hall–Kier alpha value is -3.41. The number of anilines is 1. The van der Waals surface area contributed by atoms with Crippen LogP contribution in [0, 0.1) is 5.82 Å². The quantitative estimate of drug-likeness (QED) is 0.595. The summed E-state index contributed by atoms with van der Waals surface area (Å²) in [6, 6.07) is 15.1. The minimum absolute atomic E-state index is 0.217. The molecule has 0 aliphatic rings. The van der Waals surface area contributed by atoms with Gasteiger partial charge >= 0.3 is 0 Å². The minimum Gasteiger partial charge on any atom is -0.508 e. The van der Waals surface area contributed by atoms with Crippen LogP contribution < -0.4 is 5.32 Å². The largest absolute Gasteiger partial charge is 0.508 e. The number of phenols is 1. The number of nitrogens with one attached hydrogen (secondary N) is 1. The summed E-state index contributed by atoms with van der Waals surface area (Å²) in [5, 5.41) is 17.1. The van der Waals surface area contributed by atoms with E-state index in [0.717, 1.165) is 28.2 Å². The molecule has 0 radical (unpaired) electrons. The summed E-state index contributed by atoms with van der Waals surface area (Å²) in [7, 11) is 0.